The molecule has 0 radical (unpaired) electrons. The highest BCUT2D eigenvalue weighted by Gasteiger charge is 2.36. The Morgan fingerprint density at radius 2 is 1.62 bits per heavy atom. The zero-order chi connectivity index (χ0) is 18.9. The van der Waals surface area contributed by atoms with Crippen LogP contribution in [-0.2, 0) is 21.1 Å². The molecule has 0 unspecified atom stereocenters. The van der Waals surface area contributed by atoms with E-state index in [2.05, 4.69) is 5.32 Å². The Morgan fingerprint density at radius 3 is 2.04 bits per heavy atom. The van der Waals surface area contributed by atoms with Crippen LogP contribution in [0.1, 0.15) is 45.7 Å². The largest absolute Gasteiger partial charge is 0.481 e. The van der Waals surface area contributed by atoms with Gasteiger partial charge in [0.1, 0.15) is 5.60 Å². The Bertz CT molecular complexity index is 646. The third-order valence-corrected chi connectivity index (χ3v) is 3.19. The molecule has 0 aliphatic rings. The number of carbonyl (C=O) groups excluding carboxylic acids is 1. The van der Waals surface area contributed by atoms with Crippen LogP contribution in [0.2, 0.25) is 0 Å². The second-order valence-corrected chi connectivity index (χ2v) is 6.82. The van der Waals surface area contributed by atoms with Crippen LogP contribution in [-0.4, -0.2) is 22.8 Å². The van der Waals surface area contributed by atoms with E-state index >= 15 is 0 Å². The van der Waals surface area contributed by atoms with E-state index in [0.717, 1.165) is 12.1 Å². The zero-order valence-corrected chi connectivity index (χ0v) is 14.0. The maximum atomic E-state index is 12.9. The normalized spacial score (nSPS) is 12.7. The quantitative estimate of drug-likeness (QED) is 0.849. The Kier molecular flexibility index (Phi) is 5.22. The molecule has 0 fully saturated rings. The number of alkyl halides is 3. The fourth-order valence-corrected chi connectivity index (χ4v) is 1.90. The van der Waals surface area contributed by atoms with Crippen molar-refractivity contribution < 1.29 is 32.6 Å². The molecule has 1 aromatic carbocycles. The fourth-order valence-electron chi connectivity index (χ4n) is 1.90. The first-order valence-corrected chi connectivity index (χ1v) is 7.10. The summed E-state index contributed by atoms with van der Waals surface area (Å²) in [5, 5.41) is 11.5. The van der Waals surface area contributed by atoms with Gasteiger partial charge >= 0.3 is 18.2 Å². The van der Waals surface area contributed by atoms with Crippen LogP contribution in [0.25, 0.3) is 0 Å². The molecule has 0 saturated heterocycles. The second kappa shape index (κ2) is 6.33. The molecule has 8 heteroatoms. The van der Waals surface area contributed by atoms with Crippen LogP contribution < -0.4 is 5.32 Å². The number of carbonyl (C=O) groups is 2. The number of nitrogens with one attached hydrogen (secondary N) is 1. The van der Waals surface area contributed by atoms with Gasteiger partial charge in [-0.25, -0.2) is 4.79 Å². The molecule has 1 aromatic rings. The first-order chi connectivity index (χ1) is 10.6. The van der Waals surface area contributed by atoms with E-state index in [4.69, 9.17) is 4.74 Å². The molecule has 1 rings (SSSR count). The average Bonchev–Trinajstić information content (AvgIpc) is 2.34. The highest BCUT2D eigenvalue weighted by atomic mass is 19.4. The van der Waals surface area contributed by atoms with Gasteiger partial charge in [0.25, 0.3) is 0 Å². The molecule has 24 heavy (non-hydrogen) atoms. The standard InChI is InChI=1S/C16H20F3NO4/c1-14(2,3)24-13(23)20-11-8-9(16(17,18)19)6-7-10(11)15(4,5)12(21)22/h6-8H,1-5H3,(H,20,23)(H,21,22). The van der Waals surface area contributed by atoms with Crippen LogP contribution in [0.15, 0.2) is 18.2 Å². The van der Waals surface area contributed by atoms with Gasteiger partial charge in [-0.3, -0.25) is 10.1 Å². The van der Waals surface area contributed by atoms with Crippen molar-refractivity contribution in [2.24, 2.45) is 0 Å². The molecule has 5 nitrogen and oxygen atoms in total. The number of anilines is 1. The topological polar surface area (TPSA) is 75.6 Å². The zero-order valence-electron chi connectivity index (χ0n) is 14.0. The number of aliphatic carboxylic acids is 1. The summed E-state index contributed by atoms with van der Waals surface area (Å²) in [4.78, 5) is 23.3. The third kappa shape index (κ3) is 4.87. The lowest BCUT2D eigenvalue weighted by atomic mass is 9.83. The Morgan fingerprint density at radius 1 is 1.08 bits per heavy atom. The summed E-state index contributed by atoms with van der Waals surface area (Å²) in [6, 6.07) is 2.52. The van der Waals surface area contributed by atoms with E-state index in [-0.39, 0.29) is 11.3 Å². The molecule has 0 saturated carbocycles. The SMILES string of the molecule is CC(C)(C)OC(=O)Nc1cc(C(F)(F)F)ccc1C(C)(C)C(=O)O. The van der Waals surface area contributed by atoms with Gasteiger partial charge in [0, 0.05) is 5.69 Å². The molecule has 0 heterocycles. The summed E-state index contributed by atoms with van der Waals surface area (Å²) in [6.07, 6.45) is -5.60. The van der Waals surface area contributed by atoms with Gasteiger partial charge < -0.3 is 9.84 Å². The number of benzene rings is 1. The summed E-state index contributed by atoms with van der Waals surface area (Å²) in [7, 11) is 0. The molecule has 0 aromatic heterocycles. The van der Waals surface area contributed by atoms with Crippen molar-refractivity contribution in [3.8, 4) is 0 Å². The summed E-state index contributed by atoms with van der Waals surface area (Å²) >= 11 is 0. The van der Waals surface area contributed by atoms with Crippen molar-refractivity contribution in [3.63, 3.8) is 0 Å². The minimum absolute atomic E-state index is 0.0360. The van der Waals surface area contributed by atoms with Crippen LogP contribution in [0.5, 0.6) is 0 Å². The van der Waals surface area contributed by atoms with Gasteiger partial charge in [0.15, 0.2) is 0 Å². The van der Waals surface area contributed by atoms with Gasteiger partial charge in [-0.15, -0.1) is 0 Å². The van der Waals surface area contributed by atoms with E-state index < -0.39 is 34.8 Å². The number of halogens is 3. The molecule has 0 spiro atoms. The molecular weight excluding hydrogens is 327 g/mol. The number of carboxylic acid groups (broad SMARTS) is 1. The van der Waals surface area contributed by atoms with E-state index in [1.807, 2.05) is 0 Å². The van der Waals surface area contributed by atoms with Crippen LogP contribution in [0.3, 0.4) is 0 Å². The number of hydrogen-bond donors (Lipinski definition) is 2. The van der Waals surface area contributed by atoms with Gasteiger partial charge in [0.2, 0.25) is 0 Å². The molecular formula is C16H20F3NO4. The van der Waals surface area contributed by atoms with Gasteiger partial charge in [-0.2, -0.15) is 13.2 Å². The predicted octanol–water partition coefficient (Wildman–Crippen LogP) is 4.41. The minimum atomic E-state index is -4.63. The molecule has 0 aliphatic heterocycles. The number of rotatable bonds is 3. The Hall–Kier alpha value is -2.25. The lowest BCUT2D eigenvalue weighted by molar-refractivity contribution is -0.142. The maximum Gasteiger partial charge on any atom is 0.416 e. The number of carboxylic acids is 1. The average molecular weight is 347 g/mol. The van der Waals surface area contributed by atoms with Gasteiger partial charge in [0.05, 0.1) is 11.0 Å². The Labute approximate surface area is 137 Å². The fraction of sp³-hybridized carbons (Fsp3) is 0.500. The van der Waals surface area contributed by atoms with Crippen LogP contribution >= 0.6 is 0 Å². The minimum Gasteiger partial charge on any atom is -0.481 e. The maximum absolute atomic E-state index is 12.9. The summed E-state index contributed by atoms with van der Waals surface area (Å²) < 4.78 is 43.7. The summed E-state index contributed by atoms with van der Waals surface area (Å²) in [5.74, 6) is -1.24. The lowest BCUT2D eigenvalue weighted by Gasteiger charge is -2.25. The van der Waals surface area contributed by atoms with Crippen molar-refractivity contribution in [3.05, 3.63) is 29.3 Å². The van der Waals surface area contributed by atoms with Crippen LogP contribution in [0.4, 0.5) is 23.7 Å². The van der Waals surface area contributed by atoms with E-state index in [1.165, 1.54) is 13.8 Å². The van der Waals surface area contributed by atoms with E-state index in [9.17, 15) is 27.9 Å². The smallest absolute Gasteiger partial charge is 0.416 e. The molecule has 134 valence electrons. The number of hydrogen-bond acceptors (Lipinski definition) is 3. The summed E-state index contributed by atoms with van der Waals surface area (Å²) in [6.45, 7) is 7.46. The van der Waals surface area contributed by atoms with Gasteiger partial charge in [-0.1, -0.05) is 6.07 Å². The summed E-state index contributed by atoms with van der Waals surface area (Å²) in [5.41, 5.74) is -3.58. The lowest BCUT2D eigenvalue weighted by Crippen LogP contribution is -2.32. The Balaban J connectivity index is 3.36. The predicted molar refractivity (Wildman–Crippen MR) is 82.0 cm³/mol. The molecule has 2 N–H and O–H groups in total. The first-order valence-electron chi connectivity index (χ1n) is 7.10. The number of ether oxygens (including phenoxy) is 1. The first kappa shape index (κ1) is 19.8. The second-order valence-electron chi connectivity index (χ2n) is 6.82. The van der Waals surface area contributed by atoms with E-state index in [1.54, 1.807) is 20.8 Å². The van der Waals surface area contributed by atoms with Crippen molar-refractivity contribution in [2.75, 3.05) is 5.32 Å². The highest BCUT2D eigenvalue weighted by Crippen LogP contribution is 2.36. The van der Waals surface area contributed by atoms with Crippen molar-refractivity contribution in [1.29, 1.82) is 0 Å². The number of amides is 1. The van der Waals surface area contributed by atoms with Gasteiger partial charge in [-0.05, 0) is 52.3 Å². The molecule has 0 bridgehead atoms. The van der Waals surface area contributed by atoms with Crippen molar-refractivity contribution >= 4 is 17.7 Å². The molecule has 1 amide bonds. The van der Waals surface area contributed by atoms with E-state index in [0.29, 0.717) is 6.07 Å². The monoisotopic (exact) mass is 347 g/mol. The van der Waals surface area contributed by atoms with Crippen molar-refractivity contribution in [1.82, 2.24) is 0 Å². The third-order valence-electron chi connectivity index (χ3n) is 3.19. The molecule has 0 aliphatic carbocycles. The van der Waals surface area contributed by atoms with Crippen molar-refractivity contribution in [2.45, 2.75) is 51.8 Å². The van der Waals surface area contributed by atoms with Crippen LogP contribution in [0, 0.1) is 0 Å². The molecule has 0 atom stereocenters. The highest BCUT2D eigenvalue weighted by molar-refractivity contribution is 5.90.